The van der Waals surface area contributed by atoms with Crippen LogP contribution in [-0.2, 0) is 4.79 Å². The fraction of sp³-hybridized carbons (Fsp3) is 0.310. The number of pyridine rings is 1. The van der Waals surface area contributed by atoms with Crippen molar-refractivity contribution in [2.75, 3.05) is 17.7 Å². The van der Waals surface area contributed by atoms with Gasteiger partial charge in [-0.2, -0.15) is 5.26 Å². The number of primary amides is 1. The second-order valence-corrected chi connectivity index (χ2v) is 10.8. The molecule has 1 aromatic carbocycles. The third-order valence-corrected chi connectivity index (χ3v) is 6.49. The third kappa shape index (κ3) is 5.86. The number of nitrogens with two attached hydrogens (primary N) is 2. The Morgan fingerprint density at radius 3 is 2.42 bits per heavy atom. The van der Waals surface area contributed by atoms with E-state index in [0.717, 1.165) is 10.2 Å². The van der Waals surface area contributed by atoms with E-state index in [1.165, 1.54) is 0 Å². The molecule has 0 spiro atoms. The van der Waals surface area contributed by atoms with Crippen molar-refractivity contribution >= 4 is 23.5 Å². The Morgan fingerprint density at radius 2 is 1.85 bits per heavy atom. The maximum absolute atomic E-state index is 13.3. The van der Waals surface area contributed by atoms with Gasteiger partial charge in [0.2, 0.25) is 0 Å². The average molecular weight is 541 g/mol. The number of amides is 3. The normalized spacial score (nSPS) is 15.5. The van der Waals surface area contributed by atoms with Crippen molar-refractivity contribution in [1.29, 1.82) is 5.26 Å². The summed E-state index contributed by atoms with van der Waals surface area (Å²) in [5.74, 6) is 5.50. The quantitative estimate of drug-likeness (QED) is 0.244. The van der Waals surface area contributed by atoms with Crippen molar-refractivity contribution in [3.63, 3.8) is 0 Å². The van der Waals surface area contributed by atoms with Gasteiger partial charge in [0.15, 0.2) is 11.5 Å². The molecular formula is C29H32N8O3. The van der Waals surface area contributed by atoms with E-state index in [1.807, 2.05) is 39.8 Å². The standard InChI is InChI=1S/C29H32N8O3/c1-17-7-12-22(33-16-17)34-27(39)19-10-8-18(9-11-19)23-24(25(31)38)37(32)26(35-23)21-6-5-13-36(21)28(40)20(15-30)14-29(2,3)4/h7-12,14,16,21H,5-6,13,32H2,1-4H3,(H2,31,38)(H,33,34,39)/t21-/m0/s1. The molecule has 40 heavy (non-hydrogen) atoms. The SMILES string of the molecule is Cc1ccc(NC(=O)c2ccc(-c3nc([C@@H]4CCCN4C(=O)C(C#N)=CC(C)(C)C)n(N)c3C(N)=O)cc2)nc1. The van der Waals surface area contributed by atoms with Crippen LogP contribution >= 0.6 is 0 Å². The number of anilines is 1. The number of aryl methyl sites for hydroxylation is 1. The Bertz CT molecular complexity index is 1520. The molecule has 1 fully saturated rings. The van der Waals surface area contributed by atoms with Gasteiger partial charge in [0, 0.05) is 23.9 Å². The van der Waals surface area contributed by atoms with Gasteiger partial charge in [-0.3, -0.25) is 14.4 Å². The number of benzene rings is 1. The second-order valence-electron chi connectivity index (χ2n) is 10.8. The lowest BCUT2D eigenvalue weighted by molar-refractivity contribution is -0.127. The van der Waals surface area contributed by atoms with Crippen molar-refractivity contribution < 1.29 is 14.4 Å². The molecule has 1 aliphatic rings. The molecule has 2 aromatic heterocycles. The summed E-state index contributed by atoms with van der Waals surface area (Å²) in [5, 5.41) is 12.4. The van der Waals surface area contributed by atoms with Crippen molar-refractivity contribution in [3.05, 3.63) is 76.9 Å². The topological polar surface area (TPSA) is 173 Å². The van der Waals surface area contributed by atoms with Gasteiger partial charge in [-0.05, 0) is 48.9 Å². The summed E-state index contributed by atoms with van der Waals surface area (Å²) in [5.41, 5.74) is 7.45. The molecule has 0 radical (unpaired) electrons. The first-order valence-corrected chi connectivity index (χ1v) is 12.9. The molecule has 4 rings (SSSR count). The maximum atomic E-state index is 13.3. The number of nitrogen functional groups attached to an aromatic ring is 1. The van der Waals surface area contributed by atoms with Crippen LogP contribution in [0.5, 0.6) is 0 Å². The molecular weight excluding hydrogens is 508 g/mol. The predicted molar refractivity (Wildman–Crippen MR) is 150 cm³/mol. The summed E-state index contributed by atoms with van der Waals surface area (Å²) in [4.78, 5) is 48.9. The van der Waals surface area contributed by atoms with Crippen LogP contribution in [0.4, 0.5) is 5.82 Å². The van der Waals surface area contributed by atoms with Gasteiger partial charge in [0.1, 0.15) is 23.2 Å². The monoisotopic (exact) mass is 540 g/mol. The summed E-state index contributed by atoms with van der Waals surface area (Å²) >= 11 is 0. The molecule has 11 heteroatoms. The van der Waals surface area contributed by atoms with Crippen molar-refractivity contribution in [2.24, 2.45) is 11.1 Å². The number of nitrogens with zero attached hydrogens (tertiary/aromatic N) is 5. The van der Waals surface area contributed by atoms with Crippen molar-refractivity contribution in [1.82, 2.24) is 19.5 Å². The molecule has 0 aliphatic carbocycles. The number of aromatic nitrogens is 3. The molecule has 5 N–H and O–H groups in total. The molecule has 0 unspecified atom stereocenters. The minimum absolute atomic E-state index is 0.0268. The van der Waals surface area contributed by atoms with E-state index in [-0.39, 0.29) is 34.1 Å². The zero-order chi connectivity index (χ0) is 29.2. The van der Waals surface area contributed by atoms with E-state index < -0.39 is 17.9 Å². The Labute approximate surface area is 232 Å². The van der Waals surface area contributed by atoms with E-state index >= 15 is 0 Å². The van der Waals surface area contributed by atoms with Crippen LogP contribution in [0, 0.1) is 23.7 Å². The smallest absolute Gasteiger partial charge is 0.269 e. The lowest BCUT2D eigenvalue weighted by atomic mass is 9.93. The van der Waals surface area contributed by atoms with E-state index in [2.05, 4.69) is 15.3 Å². The second kappa shape index (κ2) is 11.0. The highest BCUT2D eigenvalue weighted by Crippen LogP contribution is 2.35. The Balaban J connectivity index is 1.64. The number of carbonyl (C=O) groups excluding carboxylic acids is 3. The van der Waals surface area contributed by atoms with Gasteiger partial charge in [-0.25, -0.2) is 14.6 Å². The molecule has 0 saturated carbocycles. The molecule has 1 aliphatic heterocycles. The fourth-order valence-corrected chi connectivity index (χ4v) is 4.64. The van der Waals surface area contributed by atoms with Gasteiger partial charge >= 0.3 is 0 Å². The lowest BCUT2D eigenvalue weighted by Gasteiger charge is -2.25. The number of hydrogen-bond donors (Lipinski definition) is 3. The Kier molecular flexibility index (Phi) is 7.72. The van der Waals surface area contributed by atoms with E-state index in [1.54, 1.807) is 47.5 Å². The summed E-state index contributed by atoms with van der Waals surface area (Å²) in [7, 11) is 0. The highest BCUT2D eigenvalue weighted by Gasteiger charge is 2.37. The minimum atomic E-state index is -0.787. The first kappa shape index (κ1) is 28.0. The highest BCUT2D eigenvalue weighted by atomic mass is 16.2. The number of carbonyl (C=O) groups is 3. The average Bonchev–Trinajstić information content (AvgIpc) is 3.52. The summed E-state index contributed by atoms with van der Waals surface area (Å²) in [6.45, 7) is 8.05. The maximum Gasteiger partial charge on any atom is 0.269 e. The number of hydrogen-bond acceptors (Lipinski definition) is 7. The molecule has 1 atom stereocenters. The largest absolute Gasteiger partial charge is 0.364 e. The summed E-state index contributed by atoms with van der Waals surface area (Å²) in [6.07, 6.45) is 4.54. The van der Waals surface area contributed by atoms with E-state index in [4.69, 9.17) is 11.6 Å². The number of likely N-dealkylation sites (tertiary alicyclic amines) is 1. The van der Waals surface area contributed by atoms with E-state index in [9.17, 15) is 19.6 Å². The van der Waals surface area contributed by atoms with Crippen LogP contribution in [0.1, 0.15) is 71.9 Å². The van der Waals surface area contributed by atoms with Crippen LogP contribution in [0.3, 0.4) is 0 Å². The van der Waals surface area contributed by atoms with Gasteiger partial charge in [0.25, 0.3) is 17.7 Å². The van der Waals surface area contributed by atoms with Crippen LogP contribution in [-0.4, -0.2) is 43.8 Å². The molecule has 1 saturated heterocycles. The zero-order valence-corrected chi connectivity index (χ0v) is 22.9. The lowest BCUT2D eigenvalue weighted by Crippen LogP contribution is -2.35. The van der Waals surface area contributed by atoms with Crippen LogP contribution in [0.25, 0.3) is 11.3 Å². The minimum Gasteiger partial charge on any atom is -0.364 e. The first-order chi connectivity index (χ1) is 18.9. The number of nitrogens with one attached hydrogen (secondary N) is 1. The fourth-order valence-electron chi connectivity index (χ4n) is 4.64. The molecule has 3 aromatic rings. The van der Waals surface area contributed by atoms with E-state index in [0.29, 0.717) is 36.3 Å². The number of imidazole rings is 1. The summed E-state index contributed by atoms with van der Waals surface area (Å²) < 4.78 is 1.12. The van der Waals surface area contributed by atoms with Crippen LogP contribution < -0.4 is 16.9 Å². The van der Waals surface area contributed by atoms with Crippen molar-refractivity contribution in [3.8, 4) is 17.3 Å². The van der Waals surface area contributed by atoms with Gasteiger partial charge in [-0.15, -0.1) is 0 Å². The number of allylic oxidation sites excluding steroid dienone is 1. The highest BCUT2D eigenvalue weighted by molar-refractivity contribution is 6.04. The van der Waals surface area contributed by atoms with Gasteiger partial charge in [0.05, 0.1) is 6.04 Å². The molecule has 0 bridgehead atoms. The van der Waals surface area contributed by atoms with Crippen LogP contribution in [0.2, 0.25) is 0 Å². The first-order valence-electron chi connectivity index (χ1n) is 12.9. The molecule has 206 valence electrons. The molecule has 3 amide bonds. The zero-order valence-electron chi connectivity index (χ0n) is 22.9. The number of nitriles is 1. The third-order valence-electron chi connectivity index (χ3n) is 6.49. The molecule has 3 heterocycles. The van der Waals surface area contributed by atoms with Crippen molar-refractivity contribution in [2.45, 2.75) is 46.6 Å². The predicted octanol–water partition coefficient (Wildman–Crippen LogP) is 3.48. The Morgan fingerprint density at radius 1 is 1.15 bits per heavy atom. The molecule has 11 nitrogen and oxygen atoms in total. The van der Waals surface area contributed by atoms with Gasteiger partial charge < -0.3 is 21.8 Å². The number of rotatable bonds is 6. The van der Waals surface area contributed by atoms with Gasteiger partial charge in [-0.1, -0.05) is 45.0 Å². The van der Waals surface area contributed by atoms with Crippen LogP contribution in [0.15, 0.2) is 54.2 Å². The Hall–Kier alpha value is -4.98. The summed E-state index contributed by atoms with van der Waals surface area (Å²) in [6, 6.07) is 11.5.